The summed E-state index contributed by atoms with van der Waals surface area (Å²) in [5, 5.41) is 0. The maximum Gasteiger partial charge on any atom is 0.441 e. The van der Waals surface area contributed by atoms with Gasteiger partial charge < -0.3 is 4.74 Å². The van der Waals surface area contributed by atoms with Crippen molar-refractivity contribution in [1.29, 1.82) is 0 Å². The average Bonchev–Trinajstić information content (AvgIpc) is 2.00. The van der Waals surface area contributed by atoms with Gasteiger partial charge in [0, 0.05) is 6.08 Å². The molecular weight excluding hydrogens is 218 g/mol. The summed E-state index contributed by atoms with van der Waals surface area (Å²) in [5.41, 5.74) is 0. The zero-order valence-electron chi connectivity index (χ0n) is 6.45. The van der Waals surface area contributed by atoms with Gasteiger partial charge in [-0.1, -0.05) is 6.58 Å². The topological polar surface area (TPSA) is 26.3 Å². The lowest BCUT2D eigenvalue weighted by molar-refractivity contribution is -0.320. The Balaban J connectivity index is 4.61. The van der Waals surface area contributed by atoms with Crippen LogP contribution in [0.25, 0.3) is 0 Å². The third kappa shape index (κ3) is 3.27. The molecule has 0 amide bonds. The van der Waals surface area contributed by atoms with Crippen LogP contribution in [0.2, 0.25) is 0 Å². The molecule has 0 saturated heterocycles. The number of carbonyl (C=O) groups is 1. The fourth-order valence-electron chi connectivity index (χ4n) is 0.418. The molecule has 0 aromatic carbocycles. The summed E-state index contributed by atoms with van der Waals surface area (Å²) in [4.78, 5) is 10.1. The number of hydrogen-bond acceptors (Lipinski definition) is 2. The summed E-state index contributed by atoms with van der Waals surface area (Å²) in [6.45, 7) is 2.65. The van der Waals surface area contributed by atoms with Crippen molar-refractivity contribution in [3.05, 3.63) is 12.7 Å². The SMILES string of the molecule is C=CC(=O)OC(F)(F)C(F)C(F)(F)F. The van der Waals surface area contributed by atoms with Gasteiger partial charge in [0.15, 0.2) is 0 Å². The van der Waals surface area contributed by atoms with Crippen LogP contribution in [-0.2, 0) is 9.53 Å². The van der Waals surface area contributed by atoms with E-state index in [9.17, 15) is 31.1 Å². The van der Waals surface area contributed by atoms with Gasteiger partial charge >= 0.3 is 18.3 Å². The number of carbonyl (C=O) groups excluding carboxylic acids is 1. The number of hydrogen-bond donors (Lipinski definition) is 0. The van der Waals surface area contributed by atoms with E-state index in [-0.39, 0.29) is 6.08 Å². The Morgan fingerprint density at radius 2 is 1.71 bits per heavy atom. The van der Waals surface area contributed by atoms with Crippen LogP contribution in [0, 0.1) is 0 Å². The van der Waals surface area contributed by atoms with E-state index in [2.05, 4.69) is 11.3 Å². The molecule has 8 heteroatoms. The largest absolute Gasteiger partial charge is 0.441 e. The van der Waals surface area contributed by atoms with Gasteiger partial charge in [-0.3, -0.25) is 0 Å². The molecule has 0 heterocycles. The van der Waals surface area contributed by atoms with Crippen LogP contribution in [0.3, 0.4) is 0 Å². The zero-order valence-corrected chi connectivity index (χ0v) is 6.45. The van der Waals surface area contributed by atoms with Gasteiger partial charge in [-0.25, -0.2) is 9.18 Å². The molecule has 0 aromatic heterocycles. The maximum atomic E-state index is 12.2. The first kappa shape index (κ1) is 12.8. The Morgan fingerprint density at radius 3 is 2.00 bits per heavy atom. The van der Waals surface area contributed by atoms with Crippen LogP contribution in [0.4, 0.5) is 26.3 Å². The van der Waals surface area contributed by atoms with Gasteiger partial charge in [0.25, 0.3) is 6.17 Å². The summed E-state index contributed by atoms with van der Waals surface area (Å²) >= 11 is 0. The first-order valence-electron chi connectivity index (χ1n) is 3.05. The summed E-state index contributed by atoms with van der Waals surface area (Å²) in [7, 11) is 0. The molecule has 0 aliphatic rings. The fourth-order valence-corrected chi connectivity index (χ4v) is 0.418. The Hall–Kier alpha value is -1.21. The van der Waals surface area contributed by atoms with Crippen molar-refractivity contribution >= 4 is 5.97 Å². The molecule has 14 heavy (non-hydrogen) atoms. The molecule has 0 aliphatic heterocycles. The Kier molecular flexibility index (Phi) is 3.55. The molecule has 2 nitrogen and oxygen atoms in total. The molecule has 82 valence electrons. The van der Waals surface area contributed by atoms with Crippen LogP contribution in [0.15, 0.2) is 12.7 Å². The van der Waals surface area contributed by atoms with Gasteiger partial charge in [-0.2, -0.15) is 22.0 Å². The highest BCUT2D eigenvalue weighted by molar-refractivity contribution is 5.81. The van der Waals surface area contributed by atoms with Gasteiger partial charge in [0.2, 0.25) is 0 Å². The van der Waals surface area contributed by atoms with Crippen molar-refractivity contribution in [1.82, 2.24) is 0 Å². The molecule has 0 N–H and O–H groups in total. The van der Waals surface area contributed by atoms with E-state index < -0.39 is 24.4 Å². The van der Waals surface area contributed by atoms with E-state index in [0.29, 0.717) is 0 Å². The van der Waals surface area contributed by atoms with E-state index in [1.165, 1.54) is 0 Å². The van der Waals surface area contributed by atoms with E-state index in [4.69, 9.17) is 0 Å². The van der Waals surface area contributed by atoms with Crippen LogP contribution in [0.1, 0.15) is 0 Å². The molecule has 1 atom stereocenters. The second kappa shape index (κ2) is 3.89. The molecule has 0 aromatic rings. The lowest BCUT2D eigenvalue weighted by Crippen LogP contribution is -2.44. The average molecular weight is 222 g/mol. The molecule has 1 unspecified atom stereocenters. The second-order valence-electron chi connectivity index (χ2n) is 2.09. The highest BCUT2D eigenvalue weighted by Crippen LogP contribution is 2.35. The lowest BCUT2D eigenvalue weighted by Gasteiger charge is -2.21. The Bertz CT molecular complexity index is 233. The quantitative estimate of drug-likeness (QED) is 0.415. The van der Waals surface area contributed by atoms with E-state index in [1.807, 2.05) is 0 Å². The summed E-state index contributed by atoms with van der Waals surface area (Å²) in [5.74, 6) is -1.85. The first-order chi connectivity index (χ1) is 6.11. The number of ether oxygens (including phenoxy) is 1. The van der Waals surface area contributed by atoms with Crippen molar-refractivity contribution in [3.8, 4) is 0 Å². The molecular formula is C6H4F6O2. The molecule has 0 radical (unpaired) electrons. The van der Waals surface area contributed by atoms with Crippen molar-refractivity contribution in [2.75, 3.05) is 0 Å². The molecule has 0 aliphatic carbocycles. The van der Waals surface area contributed by atoms with Crippen LogP contribution in [0.5, 0.6) is 0 Å². The Labute approximate surface area is 74.1 Å². The smallest absolute Gasteiger partial charge is 0.395 e. The number of esters is 1. The van der Waals surface area contributed by atoms with Gasteiger partial charge in [0.1, 0.15) is 0 Å². The summed E-state index contributed by atoms with van der Waals surface area (Å²) in [6, 6.07) is 0. The maximum absolute atomic E-state index is 12.2. The second-order valence-corrected chi connectivity index (χ2v) is 2.09. The Morgan fingerprint density at radius 1 is 1.29 bits per heavy atom. The van der Waals surface area contributed by atoms with Gasteiger partial charge in [-0.15, -0.1) is 0 Å². The van der Waals surface area contributed by atoms with Crippen molar-refractivity contribution in [3.63, 3.8) is 0 Å². The molecule has 0 bridgehead atoms. The number of rotatable bonds is 3. The lowest BCUT2D eigenvalue weighted by atomic mass is 10.3. The third-order valence-corrected chi connectivity index (χ3v) is 0.986. The van der Waals surface area contributed by atoms with Crippen molar-refractivity contribution < 1.29 is 35.9 Å². The van der Waals surface area contributed by atoms with Crippen molar-refractivity contribution in [2.24, 2.45) is 0 Å². The molecule has 0 fully saturated rings. The number of halogens is 6. The molecule has 0 saturated carbocycles. The van der Waals surface area contributed by atoms with Gasteiger partial charge in [0.05, 0.1) is 0 Å². The van der Waals surface area contributed by atoms with Gasteiger partial charge in [-0.05, 0) is 0 Å². The van der Waals surface area contributed by atoms with Crippen LogP contribution < -0.4 is 0 Å². The standard InChI is InChI=1S/C6H4F6O2/c1-2-3(13)14-6(11,12)4(7)5(8,9)10/h2,4H,1H2. The van der Waals surface area contributed by atoms with E-state index in [1.54, 1.807) is 0 Å². The summed E-state index contributed by atoms with van der Waals surface area (Å²) in [6.07, 6.45) is -15.4. The van der Waals surface area contributed by atoms with Crippen LogP contribution in [-0.4, -0.2) is 24.4 Å². The minimum Gasteiger partial charge on any atom is -0.395 e. The first-order valence-corrected chi connectivity index (χ1v) is 3.05. The minimum atomic E-state index is -5.80. The predicted octanol–water partition coefficient (Wildman–Crippen LogP) is 2.21. The van der Waals surface area contributed by atoms with E-state index >= 15 is 0 Å². The highest BCUT2D eigenvalue weighted by Gasteiger charge is 2.59. The van der Waals surface area contributed by atoms with Crippen molar-refractivity contribution in [2.45, 2.75) is 18.5 Å². The molecule has 0 spiro atoms. The zero-order chi connectivity index (χ0) is 11.6. The minimum absolute atomic E-state index is 0.191. The molecule has 0 rings (SSSR count). The van der Waals surface area contributed by atoms with E-state index in [0.717, 1.165) is 0 Å². The predicted molar refractivity (Wildman–Crippen MR) is 32.2 cm³/mol. The fraction of sp³-hybridized carbons (Fsp3) is 0.500. The highest BCUT2D eigenvalue weighted by atomic mass is 19.4. The number of alkyl halides is 6. The van der Waals surface area contributed by atoms with Crippen LogP contribution >= 0.6 is 0 Å². The normalized spacial score (nSPS) is 14.7. The summed E-state index contributed by atoms with van der Waals surface area (Å²) < 4.78 is 73.5. The monoisotopic (exact) mass is 222 g/mol. The third-order valence-electron chi connectivity index (χ3n) is 0.986.